The second-order valence-electron chi connectivity index (χ2n) is 6.24. The Morgan fingerprint density at radius 1 is 1.38 bits per heavy atom. The van der Waals surface area contributed by atoms with Gasteiger partial charge in [-0.2, -0.15) is 0 Å². The summed E-state index contributed by atoms with van der Waals surface area (Å²) in [6.45, 7) is 4.32. The summed E-state index contributed by atoms with van der Waals surface area (Å²) in [6.07, 6.45) is 6.23. The fraction of sp³-hybridized carbons (Fsp3) is 0.611. The molecule has 2 atom stereocenters. The zero-order valence-electron chi connectivity index (χ0n) is 13.1. The van der Waals surface area contributed by atoms with E-state index in [1.165, 1.54) is 18.4 Å². The van der Waals surface area contributed by atoms with E-state index in [9.17, 15) is 4.79 Å². The molecule has 1 fully saturated rings. The molecule has 116 valence electrons. The van der Waals surface area contributed by atoms with Crippen LogP contribution in [-0.2, 0) is 11.2 Å². The maximum Gasteiger partial charge on any atom is 0.220 e. The highest BCUT2D eigenvalue weighted by Crippen LogP contribution is 2.15. The molecule has 0 radical (unpaired) electrons. The number of nitrogens with one attached hydrogen (secondary N) is 2. The summed E-state index contributed by atoms with van der Waals surface area (Å²) in [6, 6.07) is 10.7. The molecule has 1 aliphatic rings. The Labute approximate surface area is 128 Å². The van der Waals surface area contributed by atoms with Crippen LogP contribution in [0.4, 0.5) is 0 Å². The molecule has 2 rings (SSSR count). The number of aryl methyl sites for hydroxylation is 1. The molecule has 1 aromatic carbocycles. The van der Waals surface area contributed by atoms with Gasteiger partial charge in [0.15, 0.2) is 0 Å². The van der Waals surface area contributed by atoms with Gasteiger partial charge in [-0.15, -0.1) is 0 Å². The lowest BCUT2D eigenvalue weighted by Gasteiger charge is -2.22. The molecule has 0 bridgehead atoms. The number of carbonyl (C=O) groups excluding carboxylic acids is 1. The van der Waals surface area contributed by atoms with Gasteiger partial charge in [0.1, 0.15) is 0 Å². The highest BCUT2D eigenvalue weighted by molar-refractivity contribution is 5.76. The molecule has 3 nitrogen and oxygen atoms in total. The lowest BCUT2D eigenvalue weighted by Crippen LogP contribution is -2.34. The molecule has 1 saturated heterocycles. The summed E-state index contributed by atoms with van der Waals surface area (Å²) in [4.78, 5) is 12.0. The SMILES string of the molecule is CC(CCc1ccccc1)NC(=O)CCC1CCCNC1. The summed E-state index contributed by atoms with van der Waals surface area (Å²) in [7, 11) is 0. The molecule has 1 aliphatic heterocycles. The molecular weight excluding hydrogens is 260 g/mol. The first-order valence-electron chi connectivity index (χ1n) is 8.28. The van der Waals surface area contributed by atoms with E-state index < -0.39 is 0 Å². The van der Waals surface area contributed by atoms with Gasteiger partial charge in [-0.1, -0.05) is 30.3 Å². The lowest BCUT2D eigenvalue weighted by atomic mass is 9.94. The lowest BCUT2D eigenvalue weighted by molar-refractivity contribution is -0.122. The van der Waals surface area contributed by atoms with Crippen molar-refractivity contribution in [2.45, 2.75) is 51.5 Å². The van der Waals surface area contributed by atoms with Gasteiger partial charge in [-0.25, -0.2) is 0 Å². The number of carbonyl (C=O) groups is 1. The molecule has 1 aromatic rings. The van der Waals surface area contributed by atoms with E-state index in [0.29, 0.717) is 12.3 Å². The van der Waals surface area contributed by atoms with E-state index >= 15 is 0 Å². The third kappa shape index (κ3) is 6.30. The van der Waals surface area contributed by atoms with E-state index in [4.69, 9.17) is 0 Å². The van der Waals surface area contributed by atoms with Crippen molar-refractivity contribution in [2.75, 3.05) is 13.1 Å². The van der Waals surface area contributed by atoms with Crippen LogP contribution in [0.25, 0.3) is 0 Å². The molecule has 0 spiro atoms. The summed E-state index contributed by atoms with van der Waals surface area (Å²) in [5.74, 6) is 0.894. The van der Waals surface area contributed by atoms with E-state index in [2.05, 4.69) is 41.8 Å². The molecule has 0 saturated carbocycles. The van der Waals surface area contributed by atoms with Crippen molar-refractivity contribution in [3.8, 4) is 0 Å². The summed E-state index contributed by atoms with van der Waals surface area (Å²) < 4.78 is 0. The minimum Gasteiger partial charge on any atom is -0.354 e. The van der Waals surface area contributed by atoms with Crippen molar-refractivity contribution < 1.29 is 4.79 Å². The Morgan fingerprint density at radius 2 is 2.19 bits per heavy atom. The van der Waals surface area contributed by atoms with Crippen LogP contribution in [0.5, 0.6) is 0 Å². The monoisotopic (exact) mass is 288 g/mol. The largest absolute Gasteiger partial charge is 0.354 e. The normalized spacial score (nSPS) is 20.0. The van der Waals surface area contributed by atoms with Gasteiger partial charge in [0.2, 0.25) is 5.91 Å². The fourth-order valence-electron chi connectivity index (χ4n) is 2.95. The van der Waals surface area contributed by atoms with Crippen LogP contribution in [0, 0.1) is 5.92 Å². The highest BCUT2D eigenvalue weighted by Gasteiger charge is 2.15. The highest BCUT2D eigenvalue weighted by atomic mass is 16.1. The number of benzene rings is 1. The Kier molecular flexibility index (Phi) is 6.74. The molecule has 1 amide bonds. The molecule has 3 heteroatoms. The Hall–Kier alpha value is -1.35. The third-order valence-corrected chi connectivity index (χ3v) is 4.29. The average molecular weight is 288 g/mol. The van der Waals surface area contributed by atoms with Gasteiger partial charge in [0.25, 0.3) is 0 Å². The van der Waals surface area contributed by atoms with Gasteiger partial charge >= 0.3 is 0 Å². The standard InChI is InChI=1S/C18H28N2O/c1-15(9-10-16-6-3-2-4-7-16)20-18(21)12-11-17-8-5-13-19-14-17/h2-4,6-7,15,17,19H,5,8-14H2,1H3,(H,20,21). The molecule has 1 heterocycles. The predicted molar refractivity (Wildman–Crippen MR) is 87.2 cm³/mol. The summed E-state index contributed by atoms with van der Waals surface area (Å²) >= 11 is 0. The number of hydrogen-bond donors (Lipinski definition) is 2. The number of piperidine rings is 1. The zero-order chi connectivity index (χ0) is 14.9. The average Bonchev–Trinajstić information content (AvgIpc) is 2.53. The first-order valence-corrected chi connectivity index (χ1v) is 8.28. The zero-order valence-corrected chi connectivity index (χ0v) is 13.1. The second kappa shape index (κ2) is 8.83. The Morgan fingerprint density at radius 3 is 2.90 bits per heavy atom. The van der Waals surface area contributed by atoms with E-state index in [0.717, 1.165) is 32.4 Å². The second-order valence-corrected chi connectivity index (χ2v) is 6.24. The predicted octanol–water partition coefficient (Wildman–Crippen LogP) is 2.90. The summed E-state index contributed by atoms with van der Waals surface area (Å²) in [5.41, 5.74) is 1.34. The smallest absolute Gasteiger partial charge is 0.220 e. The van der Waals surface area contributed by atoms with Crippen molar-refractivity contribution >= 4 is 5.91 Å². The van der Waals surface area contributed by atoms with Crippen LogP contribution in [-0.4, -0.2) is 25.0 Å². The van der Waals surface area contributed by atoms with E-state index in [1.54, 1.807) is 0 Å². The van der Waals surface area contributed by atoms with Crippen LogP contribution in [0.15, 0.2) is 30.3 Å². The Balaban J connectivity index is 1.60. The van der Waals surface area contributed by atoms with Gasteiger partial charge in [0.05, 0.1) is 0 Å². The quantitative estimate of drug-likeness (QED) is 0.810. The van der Waals surface area contributed by atoms with Crippen molar-refractivity contribution in [3.63, 3.8) is 0 Å². The van der Waals surface area contributed by atoms with Gasteiger partial charge in [-0.05, 0) is 63.6 Å². The Bertz CT molecular complexity index is 412. The maximum atomic E-state index is 12.0. The van der Waals surface area contributed by atoms with Crippen molar-refractivity contribution in [1.82, 2.24) is 10.6 Å². The summed E-state index contributed by atoms with van der Waals surface area (Å²) in [5, 5.41) is 6.54. The first-order chi connectivity index (χ1) is 10.2. The van der Waals surface area contributed by atoms with Gasteiger partial charge in [0, 0.05) is 12.5 Å². The van der Waals surface area contributed by atoms with Gasteiger partial charge in [-0.3, -0.25) is 4.79 Å². The van der Waals surface area contributed by atoms with Crippen molar-refractivity contribution in [3.05, 3.63) is 35.9 Å². The molecule has 2 unspecified atom stereocenters. The minimum absolute atomic E-state index is 0.209. The van der Waals surface area contributed by atoms with Crippen molar-refractivity contribution in [1.29, 1.82) is 0 Å². The van der Waals surface area contributed by atoms with Crippen LogP contribution in [0.3, 0.4) is 0 Å². The maximum absolute atomic E-state index is 12.0. The molecule has 0 aliphatic carbocycles. The fourth-order valence-corrected chi connectivity index (χ4v) is 2.95. The number of rotatable bonds is 7. The molecule has 2 N–H and O–H groups in total. The topological polar surface area (TPSA) is 41.1 Å². The third-order valence-electron chi connectivity index (χ3n) is 4.29. The van der Waals surface area contributed by atoms with E-state index in [1.807, 2.05) is 6.07 Å². The van der Waals surface area contributed by atoms with E-state index in [-0.39, 0.29) is 11.9 Å². The molecular formula is C18H28N2O. The minimum atomic E-state index is 0.209. The number of hydrogen-bond acceptors (Lipinski definition) is 2. The number of amides is 1. The van der Waals surface area contributed by atoms with Crippen LogP contribution >= 0.6 is 0 Å². The van der Waals surface area contributed by atoms with Crippen molar-refractivity contribution in [2.24, 2.45) is 5.92 Å². The molecule has 21 heavy (non-hydrogen) atoms. The van der Waals surface area contributed by atoms with Gasteiger partial charge < -0.3 is 10.6 Å². The first kappa shape index (κ1) is 16.0. The molecule has 0 aromatic heterocycles. The van der Waals surface area contributed by atoms with Crippen LogP contribution < -0.4 is 10.6 Å². The van der Waals surface area contributed by atoms with Crippen LogP contribution in [0.1, 0.15) is 44.6 Å². The van der Waals surface area contributed by atoms with Crippen LogP contribution in [0.2, 0.25) is 0 Å².